The molecule has 0 radical (unpaired) electrons. The molecule has 3 nitrogen and oxygen atoms in total. The Balaban J connectivity index is 1.83. The van der Waals surface area contributed by atoms with Gasteiger partial charge in [0.15, 0.2) is 11.6 Å². The molecule has 0 bridgehead atoms. The Hall–Kier alpha value is -1.25. The predicted molar refractivity (Wildman–Crippen MR) is 75.1 cm³/mol. The lowest BCUT2D eigenvalue weighted by molar-refractivity contribution is 0.243. The van der Waals surface area contributed by atoms with Crippen molar-refractivity contribution in [2.24, 2.45) is 5.92 Å². The molecule has 0 saturated heterocycles. The molecule has 1 aliphatic carbocycles. The van der Waals surface area contributed by atoms with E-state index >= 15 is 0 Å². The molecule has 1 saturated carbocycles. The number of aromatic nitrogens is 1. The van der Waals surface area contributed by atoms with Crippen molar-refractivity contribution >= 4 is 5.82 Å². The van der Waals surface area contributed by atoms with E-state index in [1.54, 1.807) is 0 Å². The highest BCUT2D eigenvalue weighted by Gasteiger charge is 2.14. The summed E-state index contributed by atoms with van der Waals surface area (Å²) < 4.78 is 5.74. The first kappa shape index (κ1) is 13.2. The largest absolute Gasteiger partial charge is 0.487 e. The molecule has 1 aliphatic rings. The zero-order chi connectivity index (χ0) is 12.8. The van der Waals surface area contributed by atoms with Crippen LogP contribution in [0.2, 0.25) is 0 Å². The van der Waals surface area contributed by atoms with E-state index < -0.39 is 0 Å². The zero-order valence-corrected chi connectivity index (χ0v) is 11.5. The van der Waals surface area contributed by atoms with Gasteiger partial charge >= 0.3 is 0 Å². The quantitative estimate of drug-likeness (QED) is 0.830. The summed E-state index contributed by atoms with van der Waals surface area (Å²) in [7, 11) is 0. The van der Waals surface area contributed by atoms with Crippen LogP contribution in [-0.2, 0) is 0 Å². The van der Waals surface area contributed by atoms with Crippen LogP contribution in [0.1, 0.15) is 46.0 Å². The van der Waals surface area contributed by atoms with Gasteiger partial charge in [0, 0.05) is 12.7 Å². The second kappa shape index (κ2) is 6.62. The second-order valence-electron chi connectivity index (χ2n) is 5.38. The molecule has 100 valence electrons. The number of hydrogen-bond donors (Lipinski definition) is 1. The minimum absolute atomic E-state index is 0.185. The number of nitrogens with zero attached hydrogens (tertiary/aromatic N) is 1. The number of hydrogen-bond acceptors (Lipinski definition) is 3. The number of anilines is 1. The third-order valence-corrected chi connectivity index (χ3v) is 3.45. The highest BCUT2D eigenvalue weighted by atomic mass is 16.5. The van der Waals surface area contributed by atoms with Crippen LogP contribution < -0.4 is 10.1 Å². The van der Waals surface area contributed by atoms with Gasteiger partial charge in [-0.3, -0.25) is 0 Å². The Labute approximate surface area is 110 Å². The van der Waals surface area contributed by atoms with Crippen molar-refractivity contribution in [3.63, 3.8) is 0 Å². The van der Waals surface area contributed by atoms with Crippen molar-refractivity contribution < 1.29 is 4.74 Å². The predicted octanol–water partition coefficient (Wildman–Crippen LogP) is 3.86. The SMILES string of the molecule is CC(C)Oc1cccnc1NCCC1CCCC1. The smallest absolute Gasteiger partial charge is 0.168 e. The highest BCUT2D eigenvalue weighted by molar-refractivity contribution is 5.49. The Kier molecular flexibility index (Phi) is 4.85. The molecule has 0 aromatic carbocycles. The molecule has 0 atom stereocenters. The molecule has 1 fully saturated rings. The first-order chi connectivity index (χ1) is 8.75. The summed E-state index contributed by atoms with van der Waals surface area (Å²) in [6, 6.07) is 3.89. The van der Waals surface area contributed by atoms with Crippen LogP contribution >= 0.6 is 0 Å². The van der Waals surface area contributed by atoms with Crippen LogP contribution in [0.3, 0.4) is 0 Å². The zero-order valence-electron chi connectivity index (χ0n) is 11.5. The van der Waals surface area contributed by atoms with Crippen LogP contribution in [0.5, 0.6) is 5.75 Å². The molecule has 2 rings (SSSR count). The van der Waals surface area contributed by atoms with E-state index in [-0.39, 0.29) is 6.10 Å². The van der Waals surface area contributed by atoms with E-state index in [0.29, 0.717) is 0 Å². The summed E-state index contributed by atoms with van der Waals surface area (Å²) in [4.78, 5) is 4.36. The molecular formula is C15H24N2O. The lowest BCUT2D eigenvalue weighted by atomic mass is 10.0. The van der Waals surface area contributed by atoms with E-state index in [2.05, 4.69) is 10.3 Å². The molecule has 0 aliphatic heterocycles. The molecule has 0 unspecified atom stereocenters. The average molecular weight is 248 g/mol. The second-order valence-corrected chi connectivity index (χ2v) is 5.38. The fourth-order valence-electron chi connectivity index (χ4n) is 2.57. The van der Waals surface area contributed by atoms with Gasteiger partial charge < -0.3 is 10.1 Å². The van der Waals surface area contributed by atoms with Gasteiger partial charge in [-0.2, -0.15) is 0 Å². The molecule has 0 spiro atoms. The normalized spacial score (nSPS) is 16.2. The third kappa shape index (κ3) is 3.90. The molecule has 1 aromatic heterocycles. The molecule has 3 heteroatoms. The monoisotopic (exact) mass is 248 g/mol. The van der Waals surface area contributed by atoms with Gasteiger partial charge in [-0.1, -0.05) is 25.7 Å². The fourth-order valence-corrected chi connectivity index (χ4v) is 2.57. The van der Waals surface area contributed by atoms with Crippen molar-refractivity contribution in [1.29, 1.82) is 0 Å². The summed E-state index contributed by atoms with van der Waals surface area (Å²) in [6.07, 6.45) is 8.87. The average Bonchev–Trinajstić information content (AvgIpc) is 2.84. The van der Waals surface area contributed by atoms with Crippen LogP contribution in [0, 0.1) is 5.92 Å². The van der Waals surface area contributed by atoms with Crippen molar-refractivity contribution in [1.82, 2.24) is 4.98 Å². The highest BCUT2D eigenvalue weighted by Crippen LogP contribution is 2.28. The summed E-state index contributed by atoms with van der Waals surface area (Å²) >= 11 is 0. The Morgan fingerprint density at radius 1 is 1.39 bits per heavy atom. The maximum Gasteiger partial charge on any atom is 0.168 e. The lowest BCUT2D eigenvalue weighted by Crippen LogP contribution is -2.11. The van der Waals surface area contributed by atoms with E-state index in [4.69, 9.17) is 4.74 Å². The van der Waals surface area contributed by atoms with Gasteiger partial charge in [0.2, 0.25) is 0 Å². The van der Waals surface area contributed by atoms with Gasteiger partial charge in [-0.05, 0) is 38.3 Å². The molecule has 0 amide bonds. The number of pyridine rings is 1. The van der Waals surface area contributed by atoms with Crippen molar-refractivity contribution in [3.05, 3.63) is 18.3 Å². The first-order valence-corrected chi connectivity index (χ1v) is 7.11. The Morgan fingerprint density at radius 2 is 2.17 bits per heavy atom. The number of nitrogens with one attached hydrogen (secondary N) is 1. The van der Waals surface area contributed by atoms with Gasteiger partial charge in [0.1, 0.15) is 0 Å². The van der Waals surface area contributed by atoms with Crippen molar-refractivity contribution in [2.75, 3.05) is 11.9 Å². The topological polar surface area (TPSA) is 34.1 Å². The van der Waals surface area contributed by atoms with Gasteiger partial charge in [-0.25, -0.2) is 4.98 Å². The van der Waals surface area contributed by atoms with Crippen LogP contribution in [0.25, 0.3) is 0 Å². The fraction of sp³-hybridized carbons (Fsp3) is 0.667. The van der Waals surface area contributed by atoms with Gasteiger partial charge in [0.25, 0.3) is 0 Å². The summed E-state index contributed by atoms with van der Waals surface area (Å²) in [5, 5.41) is 3.41. The maximum atomic E-state index is 5.74. The van der Waals surface area contributed by atoms with E-state index in [1.807, 2.05) is 32.2 Å². The van der Waals surface area contributed by atoms with Crippen LogP contribution in [0.15, 0.2) is 18.3 Å². The van der Waals surface area contributed by atoms with E-state index in [0.717, 1.165) is 24.0 Å². The minimum atomic E-state index is 0.185. The van der Waals surface area contributed by atoms with Crippen molar-refractivity contribution in [3.8, 4) is 5.75 Å². The van der Waals surface area contributed by atoms with Crippen LogP contribution in [0.4, 0.5) is 5.82 Å². The summed E-state index contributed by atoms with van der Waals surface area (Å²) in [5.74, 6) is 2.65. The van der Waals surface area contributed by atoms with Gasteiger partial charge in [-0.15, -0.1) is 0 Å². The molecule has 1 heterocycles. The number of rotatable bonds is 6. The number of ether oxygens (including phenoxy) is 1. The summed E-state index contributed by atoms with van der Waals surface area (Å²) in [5.41, 5.74) is 0. The molecule has 1 N–H and O–H groups in total. The molecular weight excluding hydrogens is 224 g/mol. The Bertz CT molecular complexity index is 359. The van der Waals surface area contributed by atoms with Gasteiger partial charge in [0.05, 0.1) is 6.10 Å². The standard InChI is InChI=1S/C15H24N2O/c1-12(2)18-14-8-5-10-16-15(14)17-11-9-13-6-3-4-7-13/h5,8,10,12-13H,3-4,6-7,9,11H2,1-2H3,(H,16,17). The first-order valence-electron chi connectivity index (χ1n) is 7.11. The molecule has 1 aromatic rings. The van der Waals surface area contributed by atoms with E-state index in [1.165, 1.54) is 32.1 Å². The summed E-state index contributed by atoms with van der Waals surface area (Å²) in [6.45, 7) is 5.07. The lowest BCUT2D eigenvalue weighted by Gasteiger charge is -2.15. The molecule has 18 heavy (non-hydrogen) atoms. The maximum absolute atomic E-state index is 5.74. The van der Waals surface area contributed by atoms with E-state index in [9.17, 15) is 0 Å². The van der Waals surface area contributed by atoms with Crippen LogP contribution in [-0.4, -0.2) is 17.6 Å². The van der Waals surface area contributed by atoms with Crippen molar-refractivity contribution in [2.45, 2.75) is 52.1 Å². The Morgan fingerprint density at radius 3 is 2.89 bits per heavy atom. The third-order valence-electron chi connectivity index (χ3n) is 3.45. The minimum Gasteiger partial charge on any atom is -0.487 e.